The van der Waals surface area contributed by atoms with Gasteiger partial charge in [-0.1, -0.05) is 33.9 Å². The zero-order valence-electron chi connectivity index (χ0n) is 17.4. The highest BCUT2D eigenvalue weighted by molar-refractivity contribution is 7.87. The summed E-state index contributed by atoms with van der Waals surface area (Å²) < 4.78 is 32.8. The number of nitrogens with one attached hydrogen (secondary N) is 2. The highest BCUT2D eigenvalue weighted by Gasteiger charge is 2.20. The van der Waals surface area contributed by atoms with E-state index in [1.165, 1.54) is 11.3 Å². The number of thiazole rings is 2. The third kappa shape index (κ3) is 8.50. The van der Waals surface area contributed by atoms with E-state index in [0.29, 0.717) is 6.42 Å². The van der Waals surface area contributed by atoms with Crippen LogP contribution < -0.4 is 10.0 Å². The summed E-state index contributed by atoms with van der Waals surface area (Å²) in [5, 5.41) is 6.82. The predicted octanol–water partition coefficient (Wildman–Crippen LogP) is 4.91. The number of benzene rings is 1. The van der Waals surface area contributed by atoms with Crippen LogP contribution in [0.5, 0.6) is 0 Å². The van der Waals surface area contributed by atoms with E-state index in [2.05, 4.69) is 15.3 Å². The van der Waals surface area contributed by atoms with Crippen molar-refractivity contribution in [3.8, 4) is 0 Å². The van der Waals surface area contributed by atoms with E-state index >= 15 is 0 Å². The normalized spacial score (nSPS) is 11.8. The molecule has 0 bridgehead atoms. The number of amides is 1. The minimum absolute atomic E-state index is 0. The van der Waals surface area contributed by atoms with Crippen molar-refractivity contribution in [2.45, 2.75) is 60.9 Å². The first-order valence-electron chi connectivity index (χ1n) is 9.63. The molecule has 0 spiro atoms. The molecule has 3 rings (SSSR count). The summed E-state index contributed by atoms with van der Waals surface area (Å²) in [7, 11) is -4.32. The lowest BCUT2D eigenvalue weighted by Crippen LogP contribution is -2.31. The number of nitrogens with zero attached hydrogens (tertiary/aromatic N) is 2. The number of carbonyl (C=O) groups excluding carboxylic acids is 1. The Balaban J connectivity index is 0.00000272. The largest absolute Gasteiger partial charge is 0.357 e. The van der Waals surface area contributed by atoms with Crippen molar-refractivity contribution in [2.75, 3.05) is 4.72 Å². The molecule has 0 radical (unpaired) electrons. The first-order valence-corrected chi connectivity index (χ1v) is 12.8. The average Bonchev–Trinajstić information content (AvgIpc) is 3.28. The van der Waals surface area contributed by atoms with Gasteiger partial charge in [-0.3, -0.25) is 14.1 Å². The number of rotatable bonds is 9. The summed E-state index contributed by atoms with van der Waals surface area (Å²) in [6.45, 7) is 5.91. The van der Waals surface area contributed by atoms with E-state index < -0.39 is 10.3 Å². The number of carbonyl (C=O) groups is 1. The second kappa shape index (κ2) is 12.2. The van der Waals surface area contributed by atoms with Crippen LogP contribution in [0.3, 0.4) is 0 Å². The van der Waals surface area contributed by atoms with Gasteiger partial charge in [-0.2, -0.15) is 8.42 Å². The van der Waals surface area contributed by atoms with Crippen molar-refractivity contribution >= 4 is 44.6 Å². The van der Waals surface area contributed by atoms with Crippen molar-refractivity contribution in [1.29, 1.82) is 0 Å². The standard InChI is InChI=1S/C20H24N4O4S3.2CH4/c1-4-15-11-29-20(22-15)18(23-19(25)10-17-12(2)30-13(3)21-17)9-14-5-7-16(8-6-14)24-31(26,27)28;;/h5-8,11,18,24H,4,9-10H2,1-3H3,(H,23,25)(H,26,27,28);2*1H4/t18-;;/m0../s1. The van der Waals surface area contributed by atoms with Gasteiger partial charge in [0.15, 0.2) is 0 Å². The second-order valence-electron chi connectivity index (χ2n) is 7.04. The monoisotopic (exact) mass is 512 g/mol. The fourth-order valence-electron chi connectivity index (χ4n) is 3.07. The molecule has 0 aliphatic rings. The minimum atomic E-state index is -4.32. The Kier molecular flexibility index (Phi) is 10.6. The lowest BCUT2D eigenvalue weighted by atomic mass is 10.1. The molecule has 0 fully saturated rings. The molecular weight excluding hydrogens is 480 g/mol. The van der Waals surface area contributed by atoms with Crippen LogP contribution in [0.15, 0.2) is 29.6 Å². The van der Waals surface area contributed by atoms with Gasteiger partial charge in [0.25, 0.3) is 0 Å². The van der Waals surface area contributed by atoms with Crippen molar-refractivity contribution in [3.63, 3.8) is 0 Å². The molecule has 3 aromatic rings. The van der Waals surface area contributed by atoms with Crippen molar-refractivity contribution in [3.05, 3.63) is 61.5 Å². The molecule has 0 aliphatic heterocycles. The fraction of sp³-hybridized carbons (Fsp3) is 0.409. The SMILES string of the molecule is C.C.CCc1csc([C@H](Cc2ccc(NS(=O)(=O)O)cc2)NC(=O)Cc2nc(C)sc2C)n1. The van der Waals surface area contributed by atoms with Gasteiger partial charge in [0, 0.05) is 10.3 Å². The van der Waals surface area contributed by atoms with Gasteiger partial charge in [0.1, 0.15) is 5.01 Å². The second-order valence-corrected chi connectivity index (χ2v) is 10.5. The van der Waals surface area contributed by atoms with E-state index in [1.54, 1.807) is 35.6 Å². The van der Waals surface area contributed by atoms with Crippen molar-refractivity contribution < 1.29 is 17.8 Å². The molecular formula is C22H32N4O4S3. The molecule has 0 aliphatic carbocycles. The smallest absolute Gasteiger partial charge is 0.346 e. The van der Waals surface area contributed by atoms with Crippen LogP contribution in [-0.4, -0.2) is 28.8 Å². The summed E-state index contributed by atoms with van der Waals surface area (Å²) in [5.41, 5.74) is 2.90. The topological polar surface area (TPSA) is 121 Å². The highest BCUT2D eigenvalue weighted by Crippen LogP contribution is 2.24. The molecule has 2 heterocycles. The van der Waals surface area contributed by atoms with Crippen LogP contribution >= 0.6 is 22.7 Å². The third-order valence-electron chi connectivity index (χ3n) is 4.53. The lowest BCUT2D eigenvalue weighted by molar-refractivity contribution is -0.121. The van der Waals surface area contributed by atoms with E-state index in [1.807, 2.05) is 30.9 Å². The molecule has 2 aromatic heterocycles. The van der Waals surface area contributed by atoms with Gasteiger partial charge in [0.05, 0.1) is 34.5 Å². The summed E-state index contributed by atoms with van der Waals surface area (Å²) in [6.07, 6.45) is 1.50. The Morgan fingerprint density at radius 2 is 1.82 bits per heavy atom. The Hall–Kier alpha value is -2.34. The highest BCUT2D eigenvalue weighted by atomic mass is 32.2. The molecule has 1 aromatic carbocycles. The van der Waals surface area contributed by atoms with Gasteiger partial charge >= 0.3 is 10.3 Å². The van der Waals surface area contributed by atoms with Gasteiger partial charge in [-0.05, 0) is 44.4 Å². The Morgan fingerprint density at radius 3 is 2.33 bits per heavy atom. The van der Waals surface area contributed by atoms with E-state index in [9.17, 15) is 13.2 Å². The van der Waals surface area contributed by atoms with Crippen LogP contribution in [0, 0.1) is 13.8 Å². The summed E-state index contributed by atoms with van der Waals surface area (Å²) in [4.78, 5) is 22.9. The number of hydrogen-bond donors (Lipinski definition) is 3. The fourth-order valence-corrected chi connectivity index (χ4v) is 5.29. The Labute approximate surface area is 204 Å². The zero-order chi connectivity index (χ0) is 22.6. The van der Waals surface area contributed by atoms with Gasteiger partial charge in [-0.15, -0.1) is 22.7 Å². The maximum Gasteiger partial charge on any atom is 0.357 e. The number of aromatic nitrogens is 2. The van der Waals surface area contributed by atoms with Crippen LogP contribution in [0.2, 0.25) is 0 Å². The number of anilines is 1. The number of hydrogen-bond acceptors (Lipinski definition) is 7. The molecule has 3 N–H and O–H groups in total. The summed E-state index contributed by atoms with van der Waals surface area (Å²) in [6, 6.07) is 6.29. The van der Waals surface area contributed by atoms with Gasteiger partial charge in [-0.25, -0.2) is 9.97 Å². The molecule has 182 valence electrons. The van der Waals surface area contributed by atoms with E-state index in [0.717, 1.165) is 38.3 Å². The van der Waals surface area contributed by atoms with Crippen molar-refractivity contribution in [2.24, 2.45) is 0 Å². The molecule has 0 saturated heterocycles. The quantitative estimate of drug-likeness (QED) is 0.350. The predicted molar refractivity (Wildman–Crippen MR) is 136 cm³/mol. The van der Waals surface area contributed by atoms with Crippen LogP contribution in [0.25, 0.3) is 0 Å². The van der Waals surface area contributed by atoms with Crippen LogP contribution in [0.4, 0.5) is 5.69 Å². The molecule has 11 heteroatoms. The minimum Gasteiger partial charge on any atom is -0.346 e. The summed E-state index contributed by atoms with van der Waals surface area (Å²) in [5.74, 6) is -0.128. The van der Waals surface area contributed by atoms with E-state index in [4.69, 9.17) is 4.55 Å². The third-order valence-corrected chi connectivity index (χ3v) is 6.96. The Morgan fingerprint density at radius 1 is 1.15 bits per heavy atom. The summed E-state index contributed by atoms with van der Waals surface area (Å²) >= 11 is 3.08. The maximum absolute atomic E-state index is 12.8. The molecule has 0 unspecified atom stereocenters. The first kappa shape index (κ1) is 28.7. The Bertz CT molecular complexity index is 1150. The molecule has 0 saturated carbocycles. The number of aryl methyl sites for hydroxylation is 3. The van der Waals surface area contributed by atoms with Gasteiger partial charge < -0.3 is 5.32 Å². The molecule has 1 atom stereocenters. The van der Waals surface area contributed by atoms with Gasteiger partial charge in [0.2, 0.25) is 5.91 Å². The molecule has 8 nitrogen and oxygen atoms in total. The zero-order valence-corrected chi connectivity index (χ0v) is 19.8. The maximum atomic E-state index is 12.8. The van der Waals surface area contributed by atoms with Crippen LogP contribution in [0.1, 0.15) is 59.7 Å². The van der Waals surface area contributed by atoms with Crippen molar-refractivity contribution in [1.82, 2.24) is 15.3 Å². The van der Waals surface area contributed by atoms with Crippen LogP contribution in [-0.2, 0) is 34.4 Å². The lowest BCUT2D eigenvalue weighted by Gasteiger charge is -2.17. The van der Waals surface area contributed by atoms with E-state index in [-0.39, 0.29) is 38.9 Å². The molecule has 1 amide bonds. The average molecular weight is 513 g/mol. The molecule has 33 heavy (non-hydrogen) atoms. The first-order chi connectivity index (χ1) is 14.6.